The van der Waals surface area contributed by atoms with Crippen molar-refractivity contribution >= 4 is 17.4 Å². The molecule has 2 atom stereocenters. The first-order valence-electron chi connectivity index (χ1n) is 6.02. The fourth-order valence-electron chi connectivity index (χ4n) is 2.19. The maximum atomic E-state index is 5.98. The summed E-state index contributed by atoms with van der Waals surface area (Å²) < 4.78 is 0. The third-order valence-electron chi connectivity index (χ3n) is 3.57. The fraction of sp³-hybridized carbons (Fsp3) is 0.667. The van der Waals surface area contributed by atoms with E-state index in [2.05, 4.69) is 34.2 Å². The molecule has 0 saturated carbocycles. The summed E-state index contributed by atoms with van der Waals surface area (Å²) in [5, 5.41) is 4.01. The number of hydrogen-bond donors (Lipinski definition) is 1. The first-order valence-corrected chi connectivity index (χ1v) is 6.39. The molecule has 94 valence electrons. The van der Waals surface area contributed by atoms with Crippen molar-refractivity contribution in [1.29, 1.82) is 0 Å². The van der Waals surface area contributed by atoms with Crippen molar-refractivity contribution in [3.8, 4) is 0 Å². The summed E-state index contributed by atoms with van der Waals surface area (Å²) in [6, 6.07) is 1.09. The van der Waals surface area contributed by atoms with E-state index in [1.807, 2.05) is 6.92 Å². The highest BCUT2D eigenvalue weighted by atomic mass is 35.5. The summed E-state index contributed by atoms with van der Waals surface area (Å²) in [6.45, 7) is 5.33. The van der Waals surface area contributed by atoms with Gasteiger partial charge in [0.25, 0.3) is 0 Å². The SMILES string of the molecule is Cc1c(Cl)ncnc1NC1CCN(C)C(C)C1. The molecule has 2 heterocycles. The standard InChI is InChI=1S/C12H19ClN4/c1-8-6-10(4-5-17(8)3)16-12-9(2)11(13)14-7-15-12/h7-8,10H,4-6H2,1-3H3,(H,14,15,16). The fourth-order valence-corrected chi connectivity index (χ4v) is 2.32. The smallest absolute Gasteiger partial charge is 0.137 e. The molecule has 5 heteroatoms. The number of likely N-dealkylation sites (tertiary alicyclic amines) is 1. The third kappa shape index (κ3) is 2.87. The molecule has 2 unspecified atom stereocenters. The van der Waals surface area contributed by atoms with E-state index in [-0.39, 0.29) is 0 Å². The van der Waals surface area contributed by atoms with Gasteiger partial charge in [-0.05, 0) is 33.7 Å². The number of hydrogen-bond acceptors (Lipinski definition) is 4. The number of nitrogens with one attached hydrogen (secondary N) is 1. The molecule has 0 spiro atoms. The lowest BCUT2D eigenvalue weighted by Crippen LogP contribution is -2.42. The van der Waals surface area contributed by atoms with Crippen molar-refractivity contribution in [3.63, 3.8) is 0 Å². The lowest BCUT2D eigenvalue weighted by atomic mass is 9.99. The molecule has 0 aliphatic carbocycles. The maximum absolute atomic E-state index is 5.98. The Balaban J connectivity index is 2.04. The van der Waals surface area contributed by atoms with Crippen LogP contribution in [0.3, 0.4) is 0 Å². The first-order chi connectivity index (χ1) is 8.08. The molecule has 2 rings (SSSR count). The minimum atomic E-state index is 0.478. The summed E-state index contributed by atoms with van der Waals surface area (Å²) in [5.41, 5.74) is 0.931. The number of rotatable bonds is 2. The second kappa shape index (κ2) is 5.19. The van der Waals surface area contributed by atoms with Gasteiger partial charge >= 0.3 is 0 Å². The molecule has 1 fully saturated rings. The van der Waals surface area contributed by atoms with E-state index in [1.165, 1.54) is 6.33 Å². The maximum Gasteiger partial charge on any atom is 0.137 e. The molecular weight excluding hydrogens is 236 g/mol. The van der Waals surface area contributed by atoms with Crippen LogP contribution in [-0.2, 0) is 0 Å². The molecule has 0 aromatic carbocycles. The van der Waals surface area contributed by atoms with Crippen molar-refractivity contribution in [3.05, 3.63) is 17.0 Å². The Hall–Kier alpha value is -0.870. The van der Waals surface area contributed by atoms with Gasteiger partial charge in [-0.25, -0.2) is 9.97 Å². The number of nitrogens with zero attached hydrogens (tertiary/aromatic N) is 3. The second-order valence-electron chi connectivity index (χ2n) is 4.83. The third-order valence-corrected chi connectivity index (χ3v) is 3.95. The van der Waals surface area contributed by atoms with Crippen LogP contribution in [-0.4, -0.2) is 40.5 Å². The predicted molar refractivity (Wildman–Crippen MR) is 70.5 cm³/mol. The zero-order valence-corrected chi connectivity index (χ0v) is 11.3. The van der Waals surface area contributed by atoms with E-state index in [4.69, 9.17) is 11.6 Å². The van der Waals surface area contributed by atoms with Crippen LogP contribution in [0.15, 0.2) is 6.33 Å². The monoisotopic (exact) mass is 254 g/mol. The Morgan fingerprint density at radius 1 is 1.47 bits per heavy atom. The summed E-state index contributed by atoms with van der Waals surface area (Å²) in [7, 11) is 2.17. The molecule has 4 nitrogen and oxygen atoms in total. The highest BCUT2D eigenvalue weighted by Gasteiger charge is 2.23. The van der Waals surface area contributed by atoms with Crippen LogP contribution in [0.4, 0.5) is 5.82 Å². The van der Waals surface area contributed by atoms with Gasteiger partial charge in [0.15, 0.2) is 0 Å². The summed E-state index contributed by atoms with van der Waals surface area (Å²) >= 11 is 5.98. The Morgan fingerprint density at radius 3 is 2.94 bits per heavy atom. The predicted octanol–water partition coefficient (Wildman–Crippen LogP) is 2.33. The van der Waals surface area contributed by atoms with Crippen molar-refractivity contribution < 1.29 is 0 Å². The molecule has 1 aromatic heterocycles. The lowest BCUT2D eigenvalue weighted by molar-refractivity contribution is 0.190. The molecule has 1 saturated heterocycles. The normalized spacial score (nSPS) is 25.9. The van der Waals surface area contributed by atoms with Crippen LogP contribution in [0.5, 0.6) is 0 Å². The second-order valence-corrected chi connectivity index (χ2v) is 5.19. The quantitative estimate of drug-likeness (QED) is 0.823. The average molecular weight is 255 g/mol. The van der Waals surface area contributed by atoms with Crippen LogP contribution in [0.2, 0.25) is 5.15 Å². The lowest BCUT2D eigenvalue weighted by Gasteiger charge is -2.35. The Bertz CT molecular complexity index is 396. The largest absolute Gasteiger partial charge is 0.367 e. The highest BCUT2D eigenvalue weighted by Crippen LogP contribution is 2.23. The van der Waals surface area contributed by atoms with Gasteiger partial charge in [0.05, 0.1) is 0 Å². The van der Waals surface area contributed by atoms with E-state index < -0.39 is 0 Å². The van der Waals surface area contributed by atoms with Crippen molar-refractivity contribution in [2.45, 2.75) is 38.8 Å². The van der Waals surface area contributed by atoms with Gasteiger partial charge in [-0.3, -0.25) is 0 Å². The van der Waals surface area contributed by atoms with Crippen molar-refractivity contribution in [2.75, 3.05) is 18.9 Å². The van der Waals surface area contributed by atoms with Crippen LogP contribution < -0.4 is 5.32 Å². The molecule has 1 aromatic rings. The van der Waals surface area contributed by atoms with Gasteiger partial charge in [0.2, 0.25) is 0 Å². The topological polar surface area (TPSA) is 41.1 Å². The van der Waals surface area contributed by atoms with Gasteiger partial charge in [0, 0.05) is 24.2 Å². The van der Waals surface area contributed by atoms with Gasteiger partial charge in [-0.2, -0.15) is 0 Å². The van der Waals surface area contributed by atoms with E-state index in [1.54, 1.807) is 0 Å². The molecule has 0 amide bonds. The van der Waals surface area contributed by atoms with Gasteiger partial charge in [-0.15, -0.1) is 0 Å². The zero-order chi connectivity index (χ0) is 12.4. The van der Waals surface area contributed by atoms with Crippen molar-refractivity contribution in [1.82, 2.24) is 14.9 Å². The van der Waals surface area contributed by atoms with E-state index >= 15 is 0 Å². The van der Waals surface area contributed by atoms with E-state index in [0.717, 1.165) is 30.8 Å². The Kier molecular flexibility index (Phi) is 3.84. The zero-order valence-electron chi connectivity index (χ0n) is 10.6. The minimum absolute atomic E-state index is 0.478. The Labute approximate surface area is 107 Å². The van der Waals surface area contributed by atoms with E-state index in [0.29, 0.717) is 17.2 Å². The van der Waals surface area contributed by atoms with Crippen molar-refractivity contribution in [2.24, 2.45) is 0 Å². The van der Waals surface area contributed by atoms with Crippen LogP contribution in [0, 0.1) is 6.92 Å². The molecule has 1 aliphatic heterocycles. The first kappa shape index (κ1) is 12.6. The minimum Gasteiger partial charge on any atom is -0.367 e. The number of anilines is 1. The number of halogens is 1. The van der Waals surface area contributed by atoms with Crippen LogP contribution >= 0.6 is 11.6 Å². The van der Waals surface area contributed by atoms with E-state index in [9.17, 15) is 0 Å². The molecular formula is C12H19ClN4. The molecule has 1 aliphatic rings. The summed E-state index contributed by atoms with van der Waals surface area (Å²) in [5.74, 6) is 0.867. The number of piperidine rings is 1. The summed E-state index contributed by atoms with van der Waals surface area (Å²) in [6.07, 6.45) is 3.79. The van der Waals surface area contributed by atoms with Crippen LogP contribution in [0.25, 0.3) is 0 Å². The highest BCUT2D eigenvalue weighted by molar-refractivity contribution is 6.30. The van der Waals surface area contributed by atoms with Gasteiger partial charge in [0.1, 0.15) is 17.3 Å². The number of aromatic nitrogens is 2. The summed E-state index contributed by atoms with van der Waals surface area (Å²) in [4.78, 5) is 10.6. The van der Waals surface area contributed by atoms with Crippen LogP contribution in [0.1, 0.15) is 25.3 Å². The molecule has 17 heavy (non-hydrogen) atoms. The molecule has 1 N–H and O–H groups in total. The average Bonchev–Trinajstić information content (AvgIpc) is 2.30. The Morgan fingerprint density at radius 2 is 2.24 bits per heavy atom. The molecule has 0 bridgehead atoms. The van der Waals surface area contributed by atoms with Gasteiger partial charge in [-0.1, -0.05) is 11.6 Å². The molecule has 0 radical (unpaired) electrons. The van der Waals surface area contributed by atoms with Gasteiger partial charge < -0.3 is 10.2 Å².